The van der Waals surface area contributed by atoms with Crippen molar-refractivity contribution in [2.75, 3.05) is 5.32 Å². The fraction of sp³-hybridized carbons (Fsp3) is 0.111. The average molecular weight is 312 g/mol. The van der Waals surface area contributed by atoms with Crippen molar-refractivity contribution >= 4 is 17.7 Å². The smallest absolute Gasteiger partial charge is 0.266 e. The summed E-state index contributed by atoms with van der Waals surface area (Å²) >= 11 is 0. The van der Waals surface area contributed by atoms with E-state index in [0.29, 0.717) is 11.8 Å². The molecule has 0 heterocycles. The monoisotopic (exact) mass is 312 g/mol. The molecule has 0 bridgehead atoms. The van der Waals surface area contributed by atoms with E-state index in [2.05, 4.69) is 5.32 Å². The third-order valence-electron chi connectivity index (χ3n) is 3.26. The largest absolute Gasteiger partial charge is 0.321 e. The van der Waals surface area contributed by atoms with Gasteiger partial charge in [-0.3, -0.25) is 4.79 Å². The molecule has 0 radical (unpaired) electrons. The maximum Gasteiger partial charge on any atom is 0.266 e. The number of benzene rings is 2. The van der Waals surface area contributed by atoms with Gasteiger partial charge in [-0.2, -0.15) is 5.26 Å². The van der Waals surface area contributed by atoms with Gasteiger partial charge in [-0.15, -0.1) is 0 Å². The molecule has 2 aromatic carbocycles. The second-order valence-electron chi connectivity index (χ2n) is 5.11. The van der Waals surface area contributed by atoms with E-state index in [1.165, 1.54) is 6.07 Å². The lowest BCUT2D eigenvalue weighted by atomic mass is 10.1. The summed E-state index contributed by atoms with van der Waals surface area (Å²) in [5.74, 6) is -2.21. The first-order valence-corrected chi connectivity index (χ1v) is 6.86. The Labute approximate surface area is 132 Å². The van der Waals surface area contributed by atoms with Crippen LogP contribution in [-0.2, 0) is 4.79 Å². The molecule has 0 fully saturated rings. The van der Waals surface area contributed by atoms with Crippen LogP contribution in [0.25, 0.3) is 6.08 Å². The second-order valence-corrected chi connectivity index (χ2v) is 5.11. The van der Waals surface area contributed by atoms with Gasteiger partial charge in [-0.1, -0.05) is 17.7 Å². The molecule has 0 unspecified atom stereocenters. The number of hydrogen-bond donors (Lipinski definition) is 1. The third-order valence-corrected chi connectivity index (χ3v) is 3.26. The van der Waals surface area contributed by atoms with Crippen LogP contribution in [0, 0.1) is 36.8 Å². The van der Waals surface area contributed by atoms with Crippen molar-refractivity contribution in [1.29, 1.82) is 5.26 Å². The molecule has 116 valence electrons. The van der Waals surface area contributed by atoms with Crippen LogP contribution in [-0.4, -0.2) is 5.91 Å². The lowest BCUT2D eigenvalue weighted by Crippen LogP contribution is -2.14. The SMILES string of the molecule is Cc1ccc(NC(=O)/C(C#N)=C/c2ccc(F)cc2F)c(C)c1. The zero-order valence-electron chi connectivity index (χ0n) is 12.7. The van der Waals surface area contributed by atoms with Crippen LogP contribution in [0.15, 0.2) is 42.0 Å². The van der Waals surface area contributed by atoms with Gasteiger partial charge in [-0.05, 0) is 43.7 Å². The first kappa shape index (κ1) is 16.4. The van der Waals surface area contributed by atoms with Crippen molar-refractivity contribution in [2.24, 2.45) is 0 Å². The fourth-order valence-corrected chi connectivity index (χ4v) is 2.07. The summed E-state index contributed by atoms with van der Waals surface area (Å²) in [6, 6.07) is 10.1. The van der Waals surface area contributed by atoms with Crippen LogP contribution in [0.4, 0.5) is 14.5 Å². The molecular weight excluding hydrogens is 298 g/mol. The minimum absolute atomic E-state index is 0.0290. The molecule has 0 saturated carbocycles. The van der Waals surface area contributed by atoms with E-state index in [4.69, 9.17) is 5.26 Å². The van der Waals surface area contributed by atoms with E-state index >= 15 is 0 Å². The zero-order chi connectivity index (χ0) is 17.0. The standard InChI is InChI=1S/C18H14F2N2O/c1-11-3-6-17(12(2)7-11)22-18(23)14(10-21)8-13-4-5-15(19)9-16(13)20/h3-9H,1-2H3,(H,22,23)/b14-8+. The molecule has 23 heavy (non-hydrogen) atoms. The molecule has 0 atom stereocenters. The quantitative estimate of drug-likeness (QED) is 0.684. The van der Waals surface area contributed by atoms with E-state index in [0.717, 1.165) is 23.3 Å². The highest BCUT2D eigenvalue weighted by Gasteiger charge is 2.12. The highest BCUT2D eigenvalue weighted by Crippen LogP contribution is 2.18. The van der Waals surface area contributed by atoms with Gasteiger partial charge in [0.15, 0.2) is 0 Å². The minimum Gasteiger partial charge on any atom is -0.321 e. The Balaban J connectivity index is 2.28. The van der Waals surface area contributed by atoms with Crippen molar-refractivity contribution in [1.82, 2.24) is 0 Å². The number of rotatable bonds is 3. The van der Waals surface area contributed by atoms with Gasteiger partial charge >= 0.3 is 0 Å². The number of nitriles is 1. The Morgan fingerprint density at radius 2 is 1.91 bits per heavy atom. The first-order valence-electron chi connectivity index (χ1n) is 6.86. The normalized spacial score (nSPS) is 11.0. The number of nitrogens with one attached hydrogen (secondary N) is 1. The number of carbonyl (C=O) groups excluding carboxylic acids is 1. The summed E-state index contributed by atoms with van der Waals surface area (Å²) in [4.78, 5) is 12.2. The first-order chi connectivity index (χ1) is 10.9. The van der Waals surface area contributed by atoms with Crippen molar-refractivity contribution in [3.8, 4) is 6.07 Å². The number of anilines is 1. The average Bonchev–Trinajstić information content (AvgIpc) is 2.49. The molecule has 0 spiro atoms. The van der Waals surface area contributed by atoms with Gasteiger partial charge in [-0.25, -0.2) is 8.78 Å². The van der Waals surface area contributed by atoms with Crippen molar-refractivity contribution < 1.29 is 13.6 Å². The van der Waals surface area contributed by atoms with E-state index in [1.807, 2.05) is 26.0 Å². The van der Waals surface area contributed by atoms with Crippen molar-refractivity contribution in [3.63, 3.8) is 0 Å². The van der Waals surface area contributed by atoms with Crippen molar-refractivity contribution in [2.45, 2.75) is 13.8 Å². The van der Waals surface area contributed by atoms with Crippen LogP contribution in [0.3, 0.4) is 0 Å². The number of halogens is 2. The molecule has 0 aliphatic carbocycles. The summed E-state index contributed by atoms with van der Waals surface area (Å²) < 4.78 is 26.5. The topological polar surface area (TPSA) is 52.9 Å². The molecule has 3 nitrogen and oxygen atoms in total. The van der Waals surface area contributed by atoms with E-state index < -0.39 is 17.5 Å². The van der Waals surface area contributed by atoms with Gasteiger partial charge < -0.3 is 5.32 Å². The highest BCUT2D eigenvalue weighted by atomic mass is 19.1. The Hall–Kier alpha value is -3.00. The van der Waals surface area contributed by atoms with Crippen LogP contribution in [0.2, 0.25) is 0 Å². The Kier molecular flexibility index (Phi) is 4.87. The second kappa shape index (κ2) is 6.84. The number of aryl methyl sites for hydroxylation is 2. The minimum atomic E-state index is -0.836. The Morgan fingerprint density at radius 3 is 2.52 bits per heavy atom. The summed E-state index contributed by atoms with van der Waals surface area (Å²) in [7, 11) is 0. The van der Waals surface area contributed by atoms with E-state index in [-0.39, 0.29) is 11.1 Å². The van der Waals surface area contributed by atoms with Crippen molar-refractivity contribution in [3.05, 3.63) is 70.3 Å². The summed E-state index contributed by atoms with van der Waals surface area (Å²) in [6.07, 6.45) is 1.09. The van der Waals surface area contributed by atoms with Crippen LogP contribution in [0.1, 0.15) is 16.7 Å². The number of nitrogens with zero attached hydrogens (tertiary/aromatic N) is 1. The van der Waals surface area contributed by atoms with Gasteiger partial charge in [0.05, 0.1) is 0 Å². The van der Waals surface area contributed by atoms with E-state index in [1.54, 1.807) is 12.1 Å². The molecule has 0 aliphatic rings. The predicted octanol–water partition coefficient (Wildman–Crippen LogP) is 4.13. The Morgan fingerprint density at radius 1 is 1.17 bits per heavy atom. The van der Waals surface area contributed by atoms with E-state index in [9.17, 15) is 13.6 Å². The molecule has 0 saturated heterocycles. The predicted molar refractivity (Wildman–Crippen MR) is 84.5 cm³/mol. The molecule has 0 aromatic heterocycles. The summed E-state index contributed by atoms with van der Waals surface area (Å²) in [6.45, 7) is 3.76. The number of hydrogen-bond acceptors (Lipinski definition) is 2. The molecule has 2 rings (SSSR count). The summed E-state index contributed by atoms with van der Waals surface area (Å²) in [5, 5.41) is 11.7. The van der Waals surface area contributed by atoms with Gasteiger partial charge in [0, 0.05) is 17.3 Å². The number of carbonyl (C=O) groups is 1. The van der Waals surface area contributed by atoms with Crippen LogP contribution in [0.5, 0.6) is 0 Å². The maximum atomic E-state index is 13.6. The zero-order valence-corrected chi connectivity index (χ0v) is 12.7. The molecule has 5 heteroatoms. The molecule has 1 amide bonds. The molecular formula is C18H14F2N2O. The van der Waals surface area contributed by atoms with Gasteiger partial charge in [0.25, 0.3) is 5.91 Å². The van der Waals surface area contributed by atoms with Gasteiger partial charge in [0.1, 0.15) is 23.3 Å². The molecule has 2 aromatic rings. The molecule has 1 N–H and O–H groups in total. The van der Waals surface area contributed by atoms with Gasteiger partial charge in [0.2, 0.25) is 0 Å². The lowest BCUT2D eigenvalue weighted by molar-refractivity contribution is -0.112. The van der Waals surface area contributed by atoms with Crippen LogP contribution < -0.4 is 5.32 Å². The highest BCUT2D eigenvalue weighted by molar-refractivity contribution is 6.09. The maximum absolute atomic E-state index is 13.6. The Bertz CT molecular complexity index is 835. The fourth-order valence-electron chi connectivity index (χ4n) is 2.07. The number of amides is 1. The summed E-state index contributed by atoms with van der Waals surface area (Å²) in [5.41, 5.74) is 2.17. The lowest BCUT2D eigenvalue weighted by Gasteiger charge is -2.08. The molecule has 0 aliphatic heterocycles. The third kappa shape index (κ3) is 4.01. The van der Waals surface area contributed by atoms with Crippen LogP contribution >= 0.6 is 0 Å².